The zero-order valence-corrected chi connectivity index (χ0v) is 25.1. The normalized spacial score (nSPS) is 21.9. The molecule has 42 heavy (non-hydrogen) atoms. The maximum absolute atomic E-state index is 11.7. The third kappa shape index (κ3) is 7.64. The van der Waals surface area contributed by atoms with Gasteiger partial charge in [0.1, 0.15) is 25.4 Å². The highest BCUT2D eigenvalue weighted by Gasteiger charge is 2.33. The van der Waals surface area contributed by atoms with Crippen molar-refractivity contribution in [2.24, 2.45) is 0 Å². The maximum Gasteiger partial charge on any atom is 0.246 e. The number of amides is 2. The minimum Gasteiger partial charge on any atom is -0.361 e. The number of hydrogen-bond donors (Lipinski definition) is 2. The van der Waals surface area contributed by atoms with Gasteiger partial charge in [-0.1, -0.05) is 94.9 Å². The van der Waals surface area contributed by atoms with E-state index in [0.717, 1.165) is 22.3 Å². The van der Waals surface area contributed by atoms with E-state index in [1.54, 1.807) is 24.3 Å². The van der Waals surface area contributed by atoms with Crippen molar-refractivity contribution in [1.29, 1.82) is 0 Å². The van der Waals surface area contributed by atoms with Crippen molar-refractivity contribution in [3.8, 4) is 0 Å². The fraction of sp³-hybridized carbons (Fsp3) is 0.188. The van der Waals surface area contributed by atoms with Crippen LogP contribution in [0.15, 0.2) is 97.1 Å². The largest absolute Gasteiger partial charge is 0.361 e. The van der Waals surface area contributed by atoms with Gasteiger partial charge >= 0.3 is 0 Å². The molecule has 0 bridgehead atoms. The lowest BCUT2D eigenvalue weighted by molar-refractivity contribution is -0.138. The highest BCUT2D eigenvalue weighted by molar-refractivity contribution is 6.31. The van der Waals surface area contributed by atoms with Gasteiger partial charge in [0.05, 0.1) is 12.1 Å². The second-order valence-electron chi connectivity index (χ2n) is 9.77. The smallest absolute Gasteiger partial charge is 0.246 e. The van der Waals surface area contributed by atoms with Crippen molar-refractivity contribution in [1.82, 2.24) is 10.6 Å². The molecule has 0 radical (unpaired) electrons. The molecule has 2 aliphatic rings. The molecule has 4 aromatic carbocycles. The fourth-order valence-electron chi connectivity index (χ4n) is 4.91. The molecule has 0 saturated carbocycles. The zero-order chi connectivity index (χ0) is 29.6. The first-order valence-electron chi connectivity index (χ1n) is 13.1. The van der Waals surface area contributed by atoms with Gasteiger partial charge in [0.2, 0.25) is 11.8 Å². The van der Waals surface area contributed by atoms with E-state index in [1.807, 2.05) is 72.8 Å². The molecule has 2 N–H and O–H groups in total. The zero-order valence-electron chi connectivity index (χ0n) is 22.1. The van der Waals surface area contributed by atoms with Crippen molar-refractivity contribution < 1.29 is 19.1 Å². The van der Waals surface area contributed by atoms with Crippen molar-refractivity contribution >= 4 is 58.2 Å². The molecule has 6 nitrogen and oxygen atoms in total. The topological polar surface area (TPSA) is 76.7 Å². The number of halogens is 4. The number of benzene rings is 4. The van der Waals surface area contributed by atoms with Crippen LogP contribution in [0.2, 0.25) is 20.1 Å². The summed E-state index contributed by atoms with van der Waals surface area (Å²) in [5.41, 5.74) is 3.75. The maximum atomic E-state index is 11.7. The predicted molar refractivity (Wildman–Crippen MR) is 165 cm³/mol. The summed E-state index contributed by atoms with van der Waals surface area (Å²) >= 11 is 23.9. The minimum atomic E-state index is -0.275. The lowest BCUT2D eigenvalue weighted by atomic mass is 9.94. The Morgan fingerprint density at radius 1 is 0.500 bits per heavy atom. The quantitative estimate of drug-likeness (QED) is 0.238. The van der Waals surface area contributed by atoms with E-state index in [2.05, 4.69) is 10.6 Å². The third-order valence-corrected chi connectivity index (χ3v) is 7.81. The van der Waals surface area contributed by atoms with Crippen LogP contribution in [0, 0.1) is 0 Å². The number of carbonyl (C=O) groups excluding carboxylic acids is 2. The molecule has 10 heteroatoms. The van der Waals surface area contributed by atoms with Crippen LogP contribution in [0.1, 0.15) is 46.5 Å². The highest BCUT2D eigenvalue weighted by atomic mass is 35.5. The van der Waals surface area contributed by atoms with Crippen LogP contribution >= 0.6 is 46.4 Å². The molecule has 2 aliphatic heterocycles. The number of morpholine rings is 2. The van der Waals surface area contributed by atoms with Crippen LogP contribution in [0.5, 0.6) is 0 Å². The van der Waals surface area contributed by atoms with E-state index in [0.29, 0.717) is 20.1 Å². The lowest BCUT2D eigenvalue weighted by Crippen LogP contribution is -2.41. The van der Waals surface area contributed by atoms with Crippen molar-refractivity contribution in [2.45, 2.75) is 24.3 Å². The Kier molecular flexibility index (Phi) is 10.1. The van der Waals surface area contributed by atoms with E-state index in [4.69, 9.17) is 55.9 Å². The Morgan fingerprint density at radius 3 is 1.24 bits per heavy atom. The Hall–Kier alpha value is -3.10. The fourth-order valence-corrected chi connectivity index (χ4v) is 5.56. The van der Waals surface area contributed by atoms with Gasteiger partial charge < -0.3 is 20.1 Å². The molecule has 2 saturated heterocycles. The van der Waals surface area contributed by atoms with Gasteiger partial charge in [-0.15, -0.1) is 0 Å². The average Bonchev–Trinajstić information content (AvgIpc) is 2.98. The van der Waals surface area contributed by atoms with E-state index in [-0.39, 0.29) is 49.3 Å². The number of hydrogen-bond acceptors (Lipinski definition) is 4. The first-order chi connectivity index (χ1) is 20.3. The van der Waals surface area contributed by atoms with Crippen molar-refractivity contribution in [3.63, 3.8) is 0 Å². The molecule has 0 aliphatic carbocycles. The number of nitrogens with one attached hydrogen (secondary N) is 2. The molecule has 2 amide bonds. The van der Waals surface area contributed by atoms with Crippen LogP contribution in [0.4, 0.5) is 0 Å². The first kappa shape index (κ1) is 30.4. The molecular formula is C32H26Cl4N2O4. The van der Waals surface area contributed by atoms with E-state index < -0.39 is 0 Å². The molecular weight excluding hydrogens is 618 g/mol. The van der Waals surface area contributed by atoms with Gasteiger partial charge in [0, 0.05) is 20.1 Å². The lowest BCUT2D eigenvalue weighted by Gasteiger charge is -2.33. The molecule has 2 heterocycles. The molecule has 0 aromatic heterocycles. The second-order valence-corrected chi connectivity index (χ2v) is 11.5. The van der Waals surface area contributed by atoms with Crippen molar-refractivity contribution in [3.05, 3.63) is 139 Å². The number of ether oxygens (including phenoxy) is 2. The molecule has 0 spiro atoms. The van der Waals surface area contributed by atoms with Crippen LogP contribution in [-0.2, 0) is 19.1 Å². The van der Waals surface area contributed by atoms with Crippen LogP contribution in [0.3, 0.4) is 0 Å². The van der Waals surface area contributed by atoms with Crippen LogP contribution in [-0.4, -0.2) is 25.0 Å². The second kappa shape index (κ2) is 13.9. The molecule has 4 aromatic rings. The van der Waals surface area contributed by atoms with Crippen molar-refractivity contribution in [2.75, 3.05) is 13.2 Å². The Labute approximate surface area is 263 Å². The van der Waals surface area contributed by atoms with E-state index in [9.17, 15) is 9.59 Å². The molecule has 216 valence electrons. The standard InChI is InChI=1S/2C16H13Cl2NO2/c2*17-12-6-4-10(5-7-12)15-16(21-9-14(20)19-15)11-2-1-3-13(18)8-11/h2*1-8,15-16H,9H2,(H,19,20)/t2*15-,16+/m10/s1. The Balaban J connectivity index is 0.000000168. The summed E-state index contributed by atoms with van der Waals surface area (Å²) in [4.78, 5) is 23.3. The first-order valence-corrected chi connectivity index (χ1v) is 14.6. The van der Waals surface area contributed by atoms with Gasteiger partial charge in [0.15, 0.2) is 0 Å². The summed E-state index contributed by atoms with van der Waals surface area (Å²) < 4.78 is 11.4. The number of carbonyl (C=O) groups is 2. The summed E-state index contributed by atoms with van der Waals surface area (Å²) in [5.74, 6) is -0.263. The van der Waals surface area contributed by atoms with Gasteiger partial charge in [-0.05, 0) is 70.8 Å². The van der Waals surface area contributed by atoms with Crippen LogP contribution in [0.25, 0.3) is 0 Å². The number of rotatable bonds is 4. The monoisotopic (exact) mass is 642 g/mol. The SMILES string of the molecule is O=C1CO[C@@H](c2cccc(Cl)c2)[C@@H](c2ccc(Cl)cc2)N1.O=C1CO[C@H](c2cccc(Cl)c2)[C@H](c2ccc(Cl)cc2)N1. The summed E-state index contributed by atoms with van der Waals surface area (Å²) in [6.45, 7) is 0.0859. The van der Waals surface area contributed by atoms with Gasteiger partial charge in [0.25, 0.3) is 0 Å². The van der Waals surface area contributed by atoms with E-state index in [1.165, 1.54) is 0 Å². The minimum absolute atomic E-state index is 0.0429. The van der Waals surface area contributed by atoms with Crippen LogP contribution < -0.4 is 10.6 Å². The molecule has 2 fully saturated rings. The summed E-state index contributed by atoms with van der Waals surface area (Å²) in [7, 11) is 0. The molecule has 4 atom stereocenters. The van der Waals surface area contributed by atoms with E-state index >= 15 is 0 Å². The van der Waals surface area contributed by atoms with Gasteiger partial charge in [-0.3, -0.25) is 9.59 Å². The third-order valence-electron chi connectivity index (χ3n) is 6.84. The highest BCUT2D eigenvalue weighted by Crippen LogP contribution is 2.37. The predicted octanol–water partition coefficient (Wildman–Crippen LogP) is 7.84. The summed E-state index contributed by atoms with van der Waals surface area (Å²) in [5, 5.41) is 8.53. The summed E-state index contributed by atoms with van der Waals surface area (Å²) in [6.07, 6.45) is -0.551. The Bertz CT molecular complexity index is 1430. The molecule has 0 unspecified atom stereocenters. The molecule has 6 rings (SSSR count). The van der Waals surface area contributed by atoms with Gasteiger partial charge in [-0.25, -0.2) is 0 Å². The van der Waals surface area contributed by atoms with Gasteiger partial charge in [-0.2, -0.15) is 0 Å². The summed E-state index contributed by atoms with van der Waals surface area (Å²) in [6, 6.07) is 29.2. The Morgan fingerprint density at radius 2 is 0.881 bits per heavy atom. The average molecular weight is 644 g/mol.